The van der Waals surface area contributed by atoms with E-state index in [1.54, 1.807) is 11.8 Å². The van der Waals surface area contributed by atoms with Gasteiger partial charge >= 0.3 is 0 Å². The van der Waals surface area contributed by atoms with Crippen LogP contribution in [0.15, 0.2) is 28.6 Å². The zero-order chi connectivity index (χ0) is 18.6. The summed E-state index contributed by atoms with van der Waals surface area (Å²) in [5.41, 5.74) is 2.07. The van der Waals surface area contributed by atoms with Crippen LogP contribution in [0.4, 0.5) is 5.13 Å². The molecule has 0 bridgehead atoms. The molecule has 142 valence electrons. The van der Waals surface area contributed by atoms with E-state index in [4.69, 9.17) is 0 Å². The fourth-order valence-corrected chi connectivity index (χ4v) is 4.95. The molecule has 1 aliphatic heterocycles. The quantitative estimate of drug-likeness (QED) is 0.486. The third-order valence-corrected chi connectivity index (χ3v) is 6.53. The van der Waals surface area contributed by atoms with Gasteiger partial charge < -0.3 is 10.3 Å². The maximum absolute atomic E-state index is 12.5. The molecule has 7 nitrogen and oxygen atoms in total. The number of H-pyrrole nitrogens is 1. The van der Waals surface area contributed by atoms with Crippen molar-refractivity contribution in [3.63, 3.8) is 0 Å². The first-order chi connectivity index (χ1) is 13.2. The molecule has 0 unspecified atom stereocenters. The van der Waals surface area contributed by atoms with Gasteiger partial charge in [0.05, 0.1) is 17.6 Å². The largest absolute Gasteiger partial charge is 0.341 e. The number of imidazole rings is 1. The number of nitrogens with one attached hydrogen (secondary N) is 2. The van der Waals surface area contributed by atoms with E-state index in [-0.39, 0.29) is 11.8 Å². The van der Waals surface area contributed by atoms with Crippen LogP contribution in [0.3, 0.4) is 0 Å². The predicted molar refractivity (Wildman–Crippen MR) is 109 cm³/mol. The molecule has 1 aliphatic rings. The number of carbonyl (C=O) groups is 1. The predicted octanol–water partition coefficient (Wildman–Crippen LogP) is 3.38. The number of aromatic nitrogens is 4. The van der Waals surface area contributed by atoms with Crippen molar-refractivity contribution in [3.05, 3.63) is 30.1 Å². The van der Waals surface area contributed by atoms with Gasteiger partial charge in [0.25, 0.3) is 0 Å². The van der Waals surface area contributed by atoms with E-state index in [9.17, 15) is 4.79 Å². The Morgan fingerprint density at radius 2 is 2.15 bits per heavy atom. The van der Waals surface area contributed by atoms with Crippen molar-refractivity contribution in [1.82, 2.24) is 25.1 Å². The van der Waals surface area contributed by atoms with Crippen molar-refractivity contribution < 1.29 is 4.79 Å². The number of benzene rings is 1. The second kappa shape index (κ2) is 8.37. The maximum Gasteiger partial charge on any atom is 0.229 e. The molecule has 2 aromatic heterocycles. The van der Waals surface area contributed by atoms with E-state index in [0.717, 1.165) is 59.4 Å². The van der Waals surface area contributed by atoms with Crippen molar-refractivity contribution >= 4 is 45.2 Å². The first kappa shape index (κ1) is 18.4. The molecule has 1 saturated heterocycles. The summed E-state index contributed by atoms with van der Waals surface area (Å²) in [5.74, 6) is 2.02. The molecule has 27 heavy (non-hydrogen) atoms. The Bertz CT molecular complexity index is 882. The lowest BCUT2D eigenvalue weighted by Gasteiger charge is -2.30. The highest BCUT2D eigenvalue weighted by Crippen LogP contribution is 2.26. The number of anilines is 1. The number of likely N-dealkylation sites (tertiary alicyclic amines) is 1. The van der Waals surface area contributed by atoms with Crippen molar-refractivity contribution in [2.75, 3.05) is 24.2 Å². The first-order valence-corrected chi connectivity index (χ1v) is 10.9. The Hall–Kier alpha value is -1.97. The minimum Gasteiger partial charge on any atom is -0.341 e. The lowest BCUT2D eigenvalue weighted by Crippen LogP contribution is -2.38. The van der Waals surface area contributed by atoms with Crippen LogP contribution in [0, 0.1) is 5.92 Å². The summed E-state index contributed by atoms with van der Waals surface area (Å²) in [6.45, 7) is 4.64. The molecule has 9 heteroatoms. The van der Waals surface area contributed by atoms with Crippen molar-refractivity contribution in [2.45, 2.75) is 30.6 Å². The van der Waals surface area contributed by atoms with E-state index >= 15 is 0 Å². The van der Waals surface area contributed by atoms with E-state index in [2.05, 4.69) is 37.3 Å². The molecule has 0 spiro atoms. The van der Waals surface area contributed by atoms with Crippen molar-refractivity contribution in [2.24, 2.45) is 5.92 Å². The van der Waals surface area contributed by atoms with Crippen LogP contribution in [0.1, 0.15) is 25.6 Å². The highest BCUT2D eigenvalue weighted by atomic mass is 32.2. The van der Waals surface area contributed by atoms with Gasteiger partial charge in [-0.05, 0) is 43.8 Å². The molecule has 3 heterocycles. The summed E-state index contributed by atoms with van der Waals surface area (Å²) in [4.78, 5) is 22.9. The van der Waals surface area contributed by atoms with Crippen LogP contribution in [0.25, 0.3) is 11.0 Å². The van der Waals surface area contributed by atoms with E-state index in [1.807, 2.05) is 24.3 Å². The standard InChI is InChI=1S/C18H22N6OS2/c1-2-26-18-23-22-17(27-18)21-16(25)12-7-9-24(10-8-12)11-15-19-13-5-3-4-6-14(13)20-15/h3-6,12H,2,7-11H2,1H3,(H,19,20)(H,21,22,25). The van der Waals surface area contributed by atoms with Crippen LogP contribution < -0.4 is 5.32 Å². The van der Waals surface area contributed by atoms with E-state index in [1.165, 1.54) is 11.3 Å². The molecule has 0 atom stereocenters. The first-order valence-electron chi connectivity index (χ1n) is 9.14. The van der Waals surface area contributed by atoms with Crippen LogP contribution in [-0.2, 0) is 11.3 Å². The Kier molecular flexibility index (Phi) is 5.70. The zero-order valence-electron chi connectivity index (χ0n) is 15.1. The van der Waals surface area contributed by atoms with Crippen LogP contribution in [0.5, 0.6) is 0 Å². The minimum atomic E-state index is 0.0306. The molecule has 3 aromatic rings. The van der Waals surface area contributed by atoms with Crippen LogP contribution >= 0.6 is 23.1 Å². The summed E-state index contributed by atoms with van der Waals surface area (Å²) in [5, 5.41) is 11.7. The summed E-state index contributed by atoms with van der Waals surface area (Å²) in [7, 11) is 0. The number of piperidine rings is 1. The smallest absolute Gasteiger partial charge is 0.229 e. The number of hydrogen-bond donors (Lipinski definition) is 2. The Morgan fingerprint density at radius 1 is 1.33 bits per heavy atom. The molecule has 1 fully saturated rings. The zero-order valence-corrected chi connectivity index (χ0v) is 16.8. The van der Waals surface area contributed by atoms with Crippen LogP contribution in [0.2, 0.25) is 0 Å². The van der Waals surface area contributed by atoms with Gasteiger partial charge in [-0.3, -0.25) is 9.69 Å². The molecule has 1 aromatic carbocycles. The van der Waals surface area contributed by atoms with Gasteiger partial charge in [0, 0.05) is 5.92 Å². The van der Waals surface area contributed by atoms with Gasteiger partial charge in [0.1, 0.15) is 5.82 Å². The normalized spacial score (nSPS) is 16.0. The maximum atomic E-state index is 12.5. The number of thioether (sulfide) groups is 1. The van der Waals surface area contributed by atoms with Gasteiger partial charge in [-0.25, -0.2) is 4.98 Å². The number of nitrogens with zero attached hydrogens (tertiary/aromatic N) is 4. The molecular weight excluding hydrogens is 380 g/mol. The lowest BCUT2D eigenvalue weighted by molar-refractivity contribution is -0.121. The monoisotopic (exact) mass is 402 g/mol. The summed E-state index contributed by atoms with van der Waals surface area (Å²) in [6, 6.07) is 8.07. The third-order valence-electron chi connectivity index (χ3n) is 4.67. The highest BCUT2D eigenvalue weighted by molar-refractivity contribution is 8.01. The lowest BCUT2D eigenvalue weighted by atomic mass is 9.96. The summed E-state index contributed by atoms with van der Waals surface area (Å²) >= 11 is 3.08. The Balaban J connectivity index is 1.28. The molecule has 4 rings (SSSR count). The second-order valence-electron chi connectivity index (χ2n) is 6.55. The van der Waals surface area contributed by atoms with Gasteiger partial charge in [0.2, 0.25) is 11.0 Å². The Morgan fingerprint density at radius 3 is 2.93 bits per heavy atom. The number of hydrogen-bond acceptors (Lipinski definition) is 7. The fraction of sp³-hybridized carbons (Fsp3) is 0.444. The van der Waals surface area contributed by atoms with Gasteiger partial charge in [-0.15, -0.1) is 10.2 Å². The number of fused-ring (bicyclic) bond motifs is 1. The second-order valence-corrected chi connectivity index (χ2v) is 9.04. The van der Waals surface area contributed by atoms with Crippen LogP contribution in [-0.4, -0.2) is 49.8 Å². The SMILES string of the molecule is CCSc1nnc(NC(=O)C2CCN(Cc3nc4ccccc4[nH]3)CC2)s1. The highest BCUT2D eigenvalue weighted by Gasteiger charge is 2.26. The van der Waals surface area contributed by atoms with Crippen molar-refractivity contribution in [1.29, 1.82) is 0 Å². The fourth-order valence-electron chi connectivity index (χ4n) is 3.30. The summed E-state index contributed by atoms with van der Waals surface area (Å²) in [6.07, 6.45) is 1.70. The number of para-hydroxylation sites is 2. The Labute approximate surface area is 166 Å². The number of aromatic amines is 1. The third kappa shape index (κ3) is 4.48. The van der Waals surface area contributed by atoms with E-state index in [0.29, 0.717) is 5.13 Å². The number of carbonyl (C=O) groups excluding carboxylic acids is 1. The molecule has 0 saturated carbocycles. The summed E-state index contributed by atoms with van der Waals surface area (Å²) < 4.78 is 0.897. The molecular formula is C18H22N6OS2. The van der Waals surface area contributed by atoms with Gasteiger partial charge in [-0.2, -0.15) is 0 Å². The van der Waals surface area contributed by atoms with E-state index < -0.39 is 0 Å². The molecule has 2 N–H and O–H groups in total. The average molecular weight is 403 g/mol. The van der Waals surface area contributed by atoms with Gasteiger partial charge in [0.15, 0.2) is 4.34 Å². The molecule has 0 radical (unpaired) electrons. The average Bonchev–Trinajstić information content (AvgIpc) is 3.28. The molecule has 0 aliphatic carbocycles. The number of amides is 1. The van der Waals surface area contributed by atoms with Crippen molar-refractivity contribution in [3.8, 4) is 0 Å². The minimum absolute atomic E-state index is 0.0306. The topological polar surface area (TPSA) is 86.8 Å². The van der Waals surface area contributed by atoms with Gasteiger partial charge in [-0.1, -0.05) is 42.2 Å². The molecule has 1 amide bonds. The number of rotatable bonds is 6.